The zero-order chi connectivity index (χ0) is 16.9. The van der Waals surface area contributed by atoms with Gasteiger partial charge >= 0.3 is 0 Å². The predicted octanol–water partition coefficient (Wildman–Crippen LogP) is 2.38. The van der Waals surface area contributed by atoms with E-state index < -0.39 is 5.60 Å². The summed E-state index contributed by atoms with van der Waals surface area (Å²) in [6.07, 6.45) is 8.70. The summed E-state index contributed by atoms with van der Waals surface area (Å²) in [4.78, 5) is 4.57. The lowest BCUT2D eigenvalue weighted by molar-refractivity contribution is 0.0671. The zero-order valence-corrected chi connectivity index (χ0v) is 17.6. The fourth-order valence-corrected chi connectivity index (χ4v) is 3.07. The molecule has 0 amide bonds. The Balaban J connectivity index is 0.00000288. The monoisotopic (exact) mass is 449 g/mol. The van der Waals surface area contributed by atoms with Crippen molar-refractivity contribution < 1.29 is 5.11 Å². The number of guanidine groups is 1. The Labute approximate surface area is 162 Å². The summed E-state index contributed by atoms with van der Waals surface area (Å²) in [5.74, 6) is 0.768. The maximum Gasteiger partial charge on any atom is 0.191 e. The van der Waals surface area contributed by atoms with Crippen molar-refractivity contribution in [3.63, 3.8) is 0 Å². The Hall–Kier alpha value is -0.830. The molecule has 1 heterocycles. The van der Waals surface area contributed by atoms with Gasteiger partial charge in [-0.3, -0.25) is 4.68 Å². The molecule has 1 aromatic heterocycles. The molecule has 138 valence electrons. The maximum atomic E-state index is 10.6. The van der Waals surface area contributed by atoms with Crippen LogP contribution in [0.5, 0.6) is 0 Å². The number of aryl methyl sites for hydroxylation is 1. The molecule has 1 aromatic rings. The van der Waals surface area contributed by atoms with Crippen LogP contribution in [-0.4, -0.2) is 40.5 Å². The smallest absolute Gasteiger partial charge is 0.191 e. The molecular formula is C17H32IN5O. The molecule has 1 fully saturated rings. The minimum absolute atomic E-state index is 0. The van der Waals surface area contributed by atoms with Gasteiger partial charge in [0.1, 0.15) is 5.60 Å². The van der Waals surface area contributed by atoms with Crippen LogP contribution in [0.1, 0.15) is 52.0 Å². The molecule has 0 spiro atoms. The molecule has 2 rings (SSSR count). The molecule has 3 N–H and O–H groups in total. The largest absolute Gasteiger partial charge is 0.383 e. The Morgan fingerprint density at radius 1 is 1.42 bits per heavy atom. The van der Waals surface area contributed by atoms with E-state index >= 15 is 0 Å². The molecule has 0 radical (unpaired) electrons. The molecule has 0 aromatic carbocycles. The fourth-order valence-electron chi connectivity index (χ4n) is 3.07. The molecule has 1 unspecified atom stereocenters. The van der Waals surface area contributed by atoms with Gasteiger partial charge in [0.2, 0.25) is 0 Å². The van der Waals surface area contributed by atoms with E-state index in [9.17, 15) is 5.11 Å². The third-order valence-electron chi connectivity index (χ3n) is 4.71. The molecule has 1 aliphatic carbocycles. The van der Waals surface area contributed by atoms with Crippen LogP contribution in [0.25, 0.3) is 0 Å². The van der Waals surface area contributed by atoms with Crippen molar-refractivity contribution in [3.05, 3.63) is 18.0 Å². The molecule has 0 saturated heterocycles. The van der Waals surface area contributed by atoms with E-state index in [0.717, 1.165) is 24.6 Å². The number of nitrogens with zero attached hydrogens (tertiary/aromatic N) is 3. The van der Waals surface area contributed by atoms with Crippen LogP contribution >= 0.6 is 24.0 Å². The molecule has 1 saturated carbocycles. The van der Waals surface area contributed by atoms with Crippen LogP contribution < -0.4 is 10.6 Å². The number of nitrogens with one attached hydrogen (secondary N) is 2. The molecule has 6 nitrogen and oxygen atoms in total. The highest BCUT2D eigenvalue weighted by Gasteiger charge is 2.29. The Bertz CT molecular complexity index is 535. The first-order valence-corrected chi connectivity index (χ1v) is 8.58. The van der Waals surface area contributed by atoms with Crippen molar-refractivity contribution in [1.29, 1.82) is 0 Å². The van der Waals surface area contributed by atoms with E-state index in [2.05, 4.69) is 27.6 Å². The molecule has 1 aliphatic rings. The summed E-state index contributed by atoms with van der Waals surface area (Å²) in [7, 11) is 1.84. The minimum atomic E-state index is -1.02. The topological polar surface area (TPSA) is 74.5 Å². The van der Waals surface area contributed by atoms with Gasteiger partial charge in [0.15, 0.2) is 5.96 Å². The maximum absolute atomic E-state index is 10.6. The third kappa shape index (κ3) is 5.91. The van der Waals surface area contributed by atoms with Gasteiger partial charge in [-0.1, -0.05) is 19.8 Å². The van der Waals surface area contributed by atoms with Crippen LogP contribution in [0.15, 0.2) is 17.4 Å². The highest BCUT2D eigenvalue weighted by molar-refractivity contribution is 14.0. The van der Waals surface area contributed by atoms with Crippen LogP contribution in [0.4, 0.5) is 0 Å². The number of hydrogen-bond acceptors (Lipinski definition) is 3. The van der Waals surface area contributed by atoms with Crippen LogP contribution in [0.2, 0.25) is 0 Å². The third-order valence-corrected chi connectivity index (χ3v) is 4.71. The Morgan fingerprint density at radius 2 is 2.08 bits per heavy atom. The van der Waals surface area contributed by atoms with Crippen molar-refractivity contribution in [2.45, 2.75) is 52.1 Å². The molecule has 0 aliphatic heterocycles. The molecular weight excluding hydrogens is 417 g/mol. The number of rotatable bonds is 6. The van der Waals surface area contributed by atoms with E-state index in [1.54, 1.807) is 17.8 Å². The summed E-state index contributed by atoms with van der Waals surface area (Å²) in [5, 5.41) is 21.5. The number of aromatic nitrogens is 2. The second kappa shape index (κ2) is 9.03. The van der Waals surface area contributed by atoms with Gasteiger partial charge in [0.25, 0.3) is 0 Å². The lowest BCUT2D eigenvalue weighted by Gasteiger charge is -2.26. The van der Waals surface area contributed by atoms with Crippen molar-refractivity contribution in [2.75, 3.05) is 19.6 Å². The second-order valence-corrected chi connectivity index (χ2v) is 7.24. The average molecular weight is 449 g/mol. The van der Waals surface area contributed by atoms with Crippen LogP contribution in [0.3, 0.4) is 0 Å². The standard InChI is InChI=1S/C17H31N5O.HI/c1-5-18-15(19-12-16(2)8-6-7-9-16)20-13-17(3,23)14-10-21-22(4)11-14;/h10-11,23H,5-9,12-13H2,1-4H3,(H2,18,19,20);1H. The van der Waals surface area contributed by atoms with Gasteiger partial charge in [0, 0.05) is 31.9 Å². The highest BCUT2D eigenvalue weighted by atomic mass is 127. The number of aliphatic imine (C=N–C) groups is 1. The summed E-state index contributed by atoms with van der Waals surface area (Å²) in [6.45, 7) is 8.18. The van der Waals surface area contributed by atoms with Gasteiger partial charge in [-0.25, -0.2) is 4.99 Å². The van der Waals surface area contributed by atoms with E-state index in [-0.39, 0.29) is 24.0 Å². The first-order valence-electron chi connectivity index (χ1n) is 8.58. The van der Waals surface area contributed by atoms with Crippen LogP contribution in [-0.2, 0) is 12.6 Å². The highest BCUT2D eigenvalue weighted by Crippen LogP contribution is 2.36. The minimum Gasteiger partial charge on any atom is -0.383 e. The first-order chi connectivity index (χ1) is 10.8. The van der Waals surface area contributed by atoms with Gasteiger partial charge in [0.05, 0.1) is 12.7 Å². The summed E-state index contributed by atoms with van der Waals surface area (Å²) in [5.41, 5.74) is 0.123. The van der Waals surface area contributed by atoms with E-state index in [4.69, 9.17) is 0 Å². The Morgan fingerprint density at radius 3 is 2.62 bits per heavy atom. The molecule has 1 atom stereocenters. The lowest BCUT2D eigenvalue weighted by Crippen LogP contribution is -2.43. The van der Waals surface area contributed by atoms with E-state index in [1.165, 1.54) is 25.7 Å². The zero-order valence-electron chi connectivity index (χ0n) is 15.3. The summed E-state index contributed by atoms with van der Waals surface area (Å²) >= 11 is 0. The Kier molecular flexibility index (Phi) is 7.98. The normalized spacial score (nSPS) is 19.5. The lowest BCUT2D eigenvalue weighted by atomic mass is 9.89. The van der Waals surface area contributed by atoms with E-state index in [0.29, 0.717) is 12.0 Å². The first kappa shape index (κ1) is 21.2. The van der Waals surface area contributed by atoms with Crippen molar-refractivity contribution in [2.24, 2.45) is 17.5 Å². The summed E-state index contributed by atoms with van der Waals surface area (Å²) in [6, 6.07) is 0. The van der Waals surface area contributed by atoms with Gasteiger partial charge in [-0.05, 0) is 32.1 Å². The number of hydrogen-bond donors (Lipinski definition) is 3. The predicted molar refractivity (Wildman–Crippen MR) is 109 cm³/mol. The van der Waals surface area contributed by atoms with E-state index in [1.807, 2.05) is 20.2 Å². The van der Waals surface area contributed by atoms with Crippen molar-refractivity contribution in [1.82, 2.24) is 20.4 Å². The molecule has 24 heavy (non-hydrogen) atoms. The average Bonchev–Trinajstić information content (AvgIpc) is 3.12. The van der Waals surface area contributed by atoms with Gasteiger partial charge in [-0.15, -0.1) is 24.0 Å². The molecule has 0 bridgehead atoms. The number of halogens is 1. The van der Waals surface area contributed by atoms with Crippen molar-refractivity contribution >= 4 is 29.9 Å². The van der Waals surface area contributed by atoms with Gasteiger partial charge < -0.3 is 15.7 Å². The second-order valence-electron chi connectivity index (χ2n) is 7.24. The van der Waals surface area contributed by atoms with Gasteiger partial charge in [-0.2, -0.15) is 5.10 Å². The van der Waals surface area contributed by atoms with Crippen molar-refractivity contribution in [3.8, 4) is 0 Å². The molecule has 7 heteroatoms. The number of aliphatic hydroxyl groups is 1. The SMILES string of the molecule is CCNC(=NCC(C)(O)c1cnn(C)c1)NCC1(C)CCCC1.I. The quantitative estimate of drug-likeness (QED) is 0.354. The van der Waals surface area contributed by atoms with Crippen LogP contribution in [0, 0.1) is 5.41 Å². The summed E-state index contributed by atoms with van der Waals surface area (Å²) < 4.78 is 1.69. The fraction of sp³-hybridized carbons (Fsp3) is 0.765.